The fourth-order valence-corrected chi connectivity index (χ4v) is 6.00. The Kier molecular flexibility index (Phi) is 7.25. The van der Waals surface area contributed by atoms with Crippen molar-refractivity contribution in [2.45, 2.75) is 38.3 Å². The Morgan fingerprint density at radius 1 is 1.00 bits per heavy atom. The van der Waals surface area contributed by atoms with Crippen LogP contribution in [-0.4, -0.2) is 56.5 Å². The number of sulfone groups is 1. The fraction of sp³-hybridized carbons (Fsp3) is 0.500. The lowest BCUT2D eigenvalue weighted by Crippen LogP contribution is -2.43. The molecule has 35 heavy (non-hydrogen) atoms. The van der Waals surface area contributed by atoms with Gasteiger partial charge in [0.05, 0.1) is 18.1 Å². The van der Waals surface area contributed by atoms with Crippen molar-refractivity contribution in [2.75, 3.05) is 36.1 Å². The third-order valence-electron chi connectivity index (χ3n) is 6.12. The van der Waals surface area contributed by atoms with E-state index in [0.29, 0.717) is 11.6 Å². The van der Waals surface area contributed by atoms with Crippen LogP contribution in [0.15, 0.2) is 16.5 Å². The van der Waals surface area contributed by atoms with E-state index in [1.54, 1.807) is 12.1 Å². The van der Waals surface area contributed by atoms with Crippen LogP contribution in [0.1, 0.15) is 31.4 Å². The summed E-state index contributed by atoms with van der Waals surface area (Å²) in [6.45, 7) is 0.389. The molecule has 0 N–H and O–H groups in total. The van der Waals surface area contributed by atoms with Gasteiger partial charge in [-0.05, 0) is 31.7 Å². The summed E-state index contributed by atoms with van der Waals surface area (Å²) >= 11 is 0. The first-order valence-electron chi connectivity index (χ1n) is 11.0. The zero-order valence-corrected chi connectivity index (χ0v) is 19.4. The average Bonchev–Trinajstić information content (AvgIpc) is 3.46. The molecule has 0 radical (unpaired) electrons. The molecule has 1 amide bonds. The van der Waals surface area contributed by atoms with Crippen LogP contribution < -0.4 is 9.64 Å². The predicted molar refractivity (Wildman–Crippen MR) is 114 cm³/mol. The fourth-order valence-electron chi connectivity index (χ4n) is 4.27. The molecule has 7 nitrogen and oxygen atoms in total. The number of rotatable bonds is 7. The largest absolute Gasteiger partial charge is 0.477 e. The zero-order valence-electron chi connectivity index (χ0n) is 18.5. The minimum absolute atomic E-state index is 0.121. The molecule has 1 aromatic carbocycles. The number of carbonyl (C=O) groups is 1. The maximum absolute atomic E-state index is 13.9. The third kappa shape index (κ3) is 5.39. The molecule has 13 heteroatoms. The average molecular weight is 522 g/mol. The number of carbonyl (C=O) groups excluding carboxylic acids is 1. The second kappa shape index (κ2) is 10.0. The van der Waals surface area contributed by atoms with E-state index in [2.05, 4.69) is 0 Å². The molecule has 1 unspecified atom stereocenters. The summed E-state index contributed by atoms with van der Waals surface area (Å²) in [6.07, 6.45) is 3.26. The van der Waals surface area contributed by atoms with E-state index < -0.39 is 63.2 Å². The molecule has 1 aromatic heterocycles. The maximum Gasteiger partial charge on any atom is 0.261 e. The quantitative estimate of drug-likeness (QED) is 0.314. The molecule has 2 aromatic rings. The molecular formula is C22H23F5N2O5S. The first-order chi connectivity index (χ1) is 16.6. The van der Waals surface area contributed by atoms with Crippen molar-refractivity contribution in [2.24, 2.45) is 0 Å². The number of anilines is 1. The Labute approximate surface area is 198 Å². The van der Waals surface area contributed by atoms with Gasteiger partial charge in [-0.3, -0.25) is 4.79 Å². The molecule has 2 saturated heterocycles. The molecule has 192 valence electrons. The number of amides is 1. The van der Waals surface area contributed by atoms with Crippen LogP contribution in [0.4, 0.5) is 27.8 Å². The van der Waals surface area contributed by atoms with E-state index in [-0.39, 0.29) is 24.5 Å². The zero-order chi connectivity index (χ0) is 25.3. The smallest absolute Gasteiger partial charge is 0.261 e. The lowest BCUT2D eigenvalue weighted by atomic mass is 10.1. The highest BCUT2D eigenvalue weighted by atomic mass is 32.2. The van der Waals surface area contributed by atoms with Crippen LogP contribution >= 0.6 is 0 Å². The molecule has 3 heterocycles. The first-order valence-corrected chi connectivity index (χ1v) is 12.9. The summed E-state index contributed by atoms with van der Waals surface area (Å²) < 4.78 is 102. The molecule has 0 saturated carbocycles. The molecule has 0 aliphatic carbocycles. The van der Waals surface area contributed by atoms with E-state index in [1.807, 2.05) is 4.90 Å². The second-order valence-corrected chi connectivity index (χ2v) is 10.8. The van der Waals surface area contributed by atoms with E-state index in [0.717, 1.165) is 37.3 Å². The normalized spacial score (nSPS) is 19.7. The number of hydrogen-bond donors (Lipinski definition) is 0. The van der Waals surface area contributed by atoms with E-state index >= 15 is 0 Å². The van der Waals surface area contributed by atoms with Crippen molar-refractivity contribution in [3.63, 3.8) is 0 Å². The van der Waals surface area contributed by atoms with Crippen LogP contribution in [0.2, 0.25) is 0 Å². The highest BCUT2D eigenvalue weighted by Crippen LogP contribution is 2.30. The number of nitrogens with zero attached hydrogens (tertiary/aromatic N) is 2. The van der Waals surface area contributed by atoms with Crippen molar-refractivity contribution >= 4 is 21.6 Å². The standard InChI is InChI=1S/C22H23F5N2O5S/c23-17-18(24)20(26)22(21(27)19(17)25)33-11-15(30)29(13-6-9-35(31,32)12-13)10-14-4-5-16(34-14)28-7-2-1-3-8-28/h4-5,13H,1-3,6-12H2. The van der Waals surface area contributed by atoms with Crippen molar-refractivity contribution in [1.82, 2.24) is 4.90 Å². The number of piperidine rings is 1. The van der Waals surface area contributed by atoms with Gasteiger partial charge in [0.1, 0.15) is 5.76 Å². The summed E-state index contributed by atoms with van der Waals surface area (Å²) in [5.41, 5.74) is 0. The summed E-state index contributed by atoms with van der Waals surface area (Å²) in [6, 6.07) is 2.61. The minimum atomic E-state index is -3.41. The monoisotopic (exact) mass is 522 g/mol. The summed E-state index contributed by atoms with van der Waals surface area (Å²) in [5, 5.41) is 0. The lowest BCUT2D eigenvalue weighted by molar-refractivity contribution is -0.136. The number of furan rings is 1. The Morgan fingerprint density at radius 2 is 1.63 bits per heavy atom. The summed E-state index contributed by atoms with van der Waals surface area (Å²) in [4.78, 5) is 16.1. The summed E-state index contributed by atoms with van der Waals surface area (Å²) in [5.74, 6) is -13.2. The van der Waals surface area contributed by atoms with Gasteiger partial charge in [0.2, 0.25) is 29.1 Å². The van der Waals surface area contributed by atoms with E-state index in [1.165, 1.54) is 0 Å². The Hall–Kier alpha value is -2.83. The topological polar surface area (TPSA) is 80.1 Å². The second-order valence-electron chi connectivity index (χ2n) is 8.55. The van der Waals surface area contributed by atoms with Crippen LogP contribution in [0.3, 0.4) is 0 Å². The van der Waals surface area contributed by atoms with E-state index in [4.69, 9.17) is 9.15 Å². The Morgan fingerprint density at radius 3 is 2.23 bits per heavy atom. The lowest BCUT2D eigenvalue weighted by Gasteiger charge is -2.28. The van der Waals surface area contributed by atoms with Gasteiger partial charge in [0.25, 0.3) is 5.91 Å². The number of ether oxygens (including phenoxy) is 1. The first kappa shape index (κ1) is 25.3. The molecule has 4 rings (SSSR count). The molecule has 2 aliphatic heterocycles. The highest BCUT2D eigenvalue weighted by molar-refractivity contribution is 7.91. The van der Waals surface area contributed by atoms with Crippen LogP contribution in [0.25, 0.3) is 0 Å². The van der Waals surface area contributed by atoms with Crippen LogP contribution in [-0.2, 0) is 21.2 Å². The van der Waals surface area contributed by atoms with Gasteiger partial charge >= 0.3 is 0 Å². The molecule has 2 fully saturated rings. The third-order valence-corrected chi connectivity index (χ3v) is 7.87. The molecule has 0 bridgehead atoms. The molecule has 1 atom stereocenters. The Balaban J connectivity index is 1.52. The van der Waals surface area contributed by atoms with Gasteiger partial charge in [0, 0.05) is 25.2 Å². The van der Waals surface area contributed by atoms with Gasteiger partial charge in [-0.15, -0.1) is 0 Å². The number of benzene rings is 1. The van der Waals surface area contributed by atoms with Crippen molar-refractivity contribution in [1.29, 1.82) is 0 Å². The molecular weight excluding hydrogens is 499 g/mol. The van der Waals surface area contributed by atoms with Gasteiger partial charge in [-0.2, -0.15) is 8.78 Å². The summed E-state index contributed by atoms with van der Waals surface area (Å²) in [7, 11) is -3.41. The maximum atomic E-state index is 13.9. The molecule has 2 aliphatic rings. The highest BCUT2D eigenvalue weighted by Gasteiger charge is 2.36. The van der Waals surface area contributed by atoms with Gasteiger partial charge in [0.15, 0.2) is 28.1 Å². The van der Waals surface area contributed by atoms with E-state index in [9.17, 15) is 35.2 Å². The van der Waals surface area contributed by atoms with Crippen molar-refractivity contribution in [3.05, 3.63) is 47.0 Å². The predicted octanol–water partition coefficient (Wildman–Crippen LogP) is 3.56. The van der Waals surface area contributed by atoms with Crippen molar-refractivity contribution in [3.8, 4) is 5.75 Å². The SMILES string of the molecule is O=C(COc1c(F)c(F)c(F)c(F)c1F)N(Cc1ccc(N2CCCCC2)o1)C1CCS(=O)(=O)C1. The van der Waals surface area contributed by atoms with Gasteiger partial charge in [-0.1, -0.05) is 0 Å². The minimum Gasteiger partial charge on any atom is -0.477 e. The van der Waals surface area contributed by atoms with Gasteiger partial charge in [-0.25, -0.2) is 21.6 Å². The van der Waals surface area contributed by atoms with Gasteiger partial charge < -0.3 is 19.0 Å². The van der Waals surface area contributed by atoms with Crippen molar-refractivity contribution < 1.29 is 44.3 Å². The van der Waals surface area contributed by atoms with Crippen LogP contribution in [0, 0.1) is 29.1 Å². The number of hydrogen-bond acceptors (Lipinski definition) is 6. The number of halogens is 5. The Bertz CT molecular complexity index is 1180. The molecule has 0 spiro atoms. The van der Waals surface area contributed by atoms with Crippen LogP contribution in [0.5, 0.6) is 5.75 Å².